The molecule has 32 heavy (non-hydrogen) atoms. The van der Waals surface area contributed by atoms with E-state index in [1.807, 2.05) is 0 Å². The zero-order valence-electron chi connectivity index (χ0n) is 16.6. The summed E-state index contributed by atoms with van der Waals surface area (Å²) in [5.41, 5.74) is 0.508. The number of nitrogens with zero attached hydrogens (tertiary/aromatic N) is 1. The first-order valence-electron chi connectivity index (χ1n) is 9.61. The normalized spacial score (nSPS) is 15.8. The van der Waals surface area contributed by atoms with Crippen LogP contribution in [-0.2, 0) is 11.3 Å². The van der Waals surface area contributed by atoms with Gasteiger partial charge in [-0.1, -0.05) is 0 Å². The van der Waals surface area contributed by atoms with Crippen molar-refractivity contribution >= 4 is 27.6 Å². The third kappa shape index (κ3) is 3.06. The largest absolute Gasteiger partial charge is 0.373 e. The number of amides is 1. The minimum Gasteiger partial charge on any atom is -0.373 e. The summed E-state index contributed by atoms with van der Waals surface area (Å²) >= 11 is 0. The molecular weight excluding hydrogens is 430 g/mol. The molecule has 0 unspecified atom stereocenters. The van der Waals surface area contributed by atoms with Crippen LogP contribution in [0.25, 0.3) is 21.7 Å². The lowest BCUT2D eigenvalue weighted by Crippen LogP contribution is -2.37. The summed E-state index contributed by atoms with van der Waals surface area (Å²) in [6.07, 6.45) is 0. The highest BCUT2D eigenvalue weighted by atomic mass is 19.2. The maximum Gasteiger partial charge on any atom is 0.270 e. The second kappa shape index (κ2) is 7.20. The molecule has 0 aliphatic carbocycles. The van der Waals surface area contributed by atoms with E-state index in [-0.39, 0.29) is 35.2 Å². The van der Waals surface area contributed by atoms with Crippen molar-refractivity contribution in [3.8, 4) is 0 Å². The zero-order chi connectivity index (χ0) is 22.7. The number of aromatic amines is 2. The minimum atomic E-state index is -1.16. The second-order valence-electron chi connectivity index (χ2n) is 7.64. The Morgan fingerprint density at radius 1 is 0.969 bits per heavy atom. The summed E-state index contributed by atoms with van der Waals surface area (Å²) in [6.45, 7) is 0.0713. The molecular formula is C22H15F4N3O3. The van der Waals surface area contributed by atoms with Crippen molar-refractivity contribution in [1.29, 1.82) is 0 Å². The van der Waals surface area contributed by atoms with Crippen LogP contribution < -0.4 is 5.56 Å². The average molecular weight is 445 g/mol. The molecule has 0 fully saturated rings. The number of H-pyrrole nitrogens is 2. The lowest BCUT2D eigenvalue weighted by Gasteiger charge is -2.33. The molecule has 2 aromatic carbocycles. The maximum absolute atomic E-state index is 14.0. The summed E-state index contributed by atoms with van der Waals surface area (Å²) in [5.74, 6) is -4.89. The van der Waals surface area contributed by atoms with Crippen LogP contribution in [0.3, 0.4) is 0 Å². The summed E-state index contributed by atoms with van der Waals surface area (Å²) in [5, 5.41) is 0.441. The smallest absolute Gasteiger partial charge is 0.270 e. The van der Waals surface area contributed by atoms with Crippen molar-refractivity contribution in [1.82, 2.24) is 14.9 Å². The summed E-state index contributed by atoms with van der Waals surface area (Å²) in [4.78, 5) is 32.2. The number of hydrogen-bond acceptors (Lipinski definition) is 3. The molecule has 0 bridgehead atoms. The molecule has 1 aliphatic heterocycles. The van der Waals surface area contributed by atoms with Gasteiger partial charge < -0.3 is 19.6 Å². The lowest BCUT2D eigenvalue weighted by atomic mass is 9.95. The predicted octanol–water partition coefficient (Wildman–Crippen LogP) is 3.91. The fraction of sp³-hybridized carbons (Fsp3) is 0.182. The first-order valence-corrected chi connectivity index (χ1v) is 9.61. The number of nitrogens with one attached hydrogen (secondary N) is 2. The Kier molecular flexibility index (Phi) is 4.55. The quantitative estimate of drug-likeness (QED) is 0.460. The Hall–Kier alpha value is -3.66. The van der Waals surface area contributed by atoms with Gasteiger partial charge >= 0.3 is 0 Å². The number of aromatic nitrogens is 2. The van der Waals surface area contributed by atoms with Gasteiger partial charge in [0.1, 0.15) is 5.69 Å². The molecule has 0 radical (unpaired) electrons. The zero-order valence-corrected chi connectivity index (χ0v) is 16.6. The SMILES string of the molecule is CN(C(=O)c1cc2cc(F)c(F)cc2[nH]1)[C@H]1COCc2[nH]c(=O)c3cc(F)c(F)cc3c21. The van der Waals surface area contributed by atoms with Crippen LogP contribution in [0.4, 0.5) is 17.6 Å². The van der Waals surface area contributed by atoms with Gasteiger partial charge in [0.15, 0.2) is 23.3 Å². The molecule has 3 heterocycles. The number of carbonyl (C=O) groups excluding carboxylic acids is 1. The second-order valence-corrected chi connectivity index (χ2v) is 7.64. The van der Waals surface area contributed by atoms with Gasteiger partial charge in [-0.3, -0.25) is 9.59 Å². The Morgan fingerprint density at radius 2 is 1.62 bits per heavy atom. The highest BCUT2D eigenvalue weighted by molar-refractivity contribution is 5.98. The number of ether oxygens (including phenoxy) is 1. The number of fused-ring (bicyclic) bond motifs is 4. The average Bonchev–Trinajstić information content (AvgIpc) is 3.16. The number of likely N-dealkylation sites (N-methyl/N-ethyl adjacent to an activating group) is 1. The Morgan fingerprint density at radius 3 is 2.38 bits per heavy atom. The van der Waals surface area contributed by atoms with E-state index >= 15 is 0 Å². The van der Waals surface area contributed by atoms with Crippen molar-refractivity contribution in [2.45, 2.75) is 12.6 Å². The molecule has 1 amide bonds. The predicted molar refractivity (Wildman–Crippen MR) is 107 cm³/mol. The molecule has 2 N–H and O–H groups in total. The van der Waals surface area contributed by atoms with Crippen LogP contribution in [0.1, 0.15) is 27.8 Å². The number of rotatable bonds is 2. The third-order valence-corrected chi connectivity index (χ3v) is 5.72. The van der Waals surface area contributed by atoms with E-state index < -0.39 is 40.8 Å². The van der Waals surface area contributed by atoms with E-state index in [4.69, 9.17) is 4.74 Å². The fourth-order valence-electron chi connectivity index (χ4n) is 4.12. The molecule has 10 heteroatoms. The Labute approximate surface area is 177 Å². The van der Waals surface area contributed by atoms with E-state index in [0.29, 0.717) is 16.6 Å². The fourth-order valence-corrected chi connectivity index (χ4v) is 4.12. The first kappa shape index (κ1) is 20.3. The van der Waals surface area contributed by atoms with Crippen LogP contribution in [0.15, 0.2) is 35.1 Å². The molecule has 5 rings (SSSR count). The van der Waals surface area contributed by atoms with Gasteiger partial charge in [0.25, 0.3) is 11.5 Å². The van der Waals surface area contributed by atoms with Crippen molar-refractivity contribution < 1.29 is 27.1 Å². The van der Waals surface area contributed by atoms with E-state index in [2.05, 4.69) is 9.97 Å². The molecule has 2 aromatic heterocycles. The number of pyridine rings is 1. The summed E-state index contributed by atoms with van der Waals surface area (Å²) < 4.78 is 60.3. The molecule has 1 atom stereocenters. The van der Waals surface area contributed by atoms with Gasteiger partial charge in [-0.05, 0) is 29.7 Å². The summed E-state index contributed by atoms with van der Waals surface area (Å²) in [7, 11) is 1.48. The van der Waals surface area contributed by atoms with Gasteiger partial charge in [-0.25, -0.2) is 17.6 Å². The Balaban J connectivity index is 1.61. The topological polar surface area (TPSA) is 78.2 Å². The standard InChI is InChI=1S/C22H15F4N3O3/c1-29(22(31)17-3-9-2-12(23)15(26)6-16(9)27-17)19-8-32-7-18-20(19)10-4-13(24)14(25)5-11(10)21(30)28-18/h2-6,19,27H,7-8H2,1H3,(H,28,30)/t19-/m0/s1. The minimum absolute atomic E-state index is 0.0307. The first-order chi connectivity index (χ1) is 15.2. The molecule has 0 saturated heterocycles. The monoisotopic (exact) mass is 445 g/mol. The van der Waals surface area contributed by atoms with E-state index in [0.717, 1.165) is 24.3 Å². The summed E-state index contributed by atoms with van der Waals surface area (Å²) in [6, 6.07) is 4.34. The molecule has 1 aliphatic rings. The highest BCUT2D eigenvalue weighted by Crippen LogP contribution is 2.34. The highest BCUT2D eigenvalue weighted by Gasteiger charge is 2.32. The number of benzene rings is 2. The van der Waals surface area contributed by atoms with Crippen molar-refractivity contribution in [2.75, 3.05) is 13.7 Å². The molecule has 6 nitrogen and oxygen atoms in total. The van der Waals surface area contributed by atoms with Gasteiger partial charge in [-0.2, -0.15) is 0 Å². The number of halogens is 4. The van der Waals surface area contributed by atoms with E-state index in [1.165, 1.54) is 18.0 Å². The van der Waals surface area contributed by atoms with Gasteiger partial charge in [-0.15, -0.1) is 0 Å². The van der Waals surface area contributed by atoms with Crippen molar-refractivity contribution in [3.63, 3.8) is 0 Å². The van der Waals surface area contributed by atoms with Crippen LogP contribution in [-0.4, -0.2) is 34.4 Å². The van der Waals surface area contributed by atoms with E-state index in [1.54, 1.807) is 0 Å². The van der Waals surface area contributed by atoms with Gasteiger partial charge in [0.2, 0.25) is 0 Å². The van der Waals surface area contributed by atoms with Crippen LogP contribution in [0.5, 0.6) is 0 Å². The van der Waals surface area contributed by atoms with Gasteiger partial charge in [0.05, 0.1) is 24.6 Å². The van der Waals surface area contributed by atoms with Crippen LogP contribution in [0, 0.1) is 23.3 Å². The molecule has 0 saturated carbocycles. The van der Waals surface area contributed by atoms with Crippen molar-refractivity contribution in [2.24, 2.45) is 0 Å². The lowest BCUT2D eigenvalue weighted by molar-refractivity contribution is 0.0333. The Bertz CT molecular complexity index is 1440. The maximum atomic E-state index is 14.0. The van der Waals surface area contributed by atoms with Gasteiger partial charge in [0, 0.05) is 35.3 Å². The molecule has 164 valence electrons. The third-order valence-electron chi connectivity index (χ3n) is 5.72. The van der Waals surface area contributed by atoms with Crippen molar-refractivity contribution in [3.05, 3.63) is 80.9 Å². The molecule has 4 aromatic rings. The molecule has 0 spiro atoms. The number of carbonyl (C=O) groups is 1. The van der Waals surface area contributed by atoms with Crippen LogP contribution in [0.2, 0.25) is 0 Å². The van der Waals surface area contributed by atoms with E-state index in [9.17, 15) is 27.2 Å². The number of hydrogen-bond donors (Lipinski definition) is 2. The van der Waals surface area contributed by atoms with Crippen LogP contribution >= 0.6 is 0 Å².